The molecule has 2 N–H and O–H groups in total. The SMILES string of the molecule is Cc1nc(N[C@@H](Cc2ccccn2)C2CC(O)C2)c2ccsc2n1. The fourth-order valence-electron chi connectivity index (χ4n) is 3.29. The van der Waals surface area contributed by atoms with Crippen molar-refractivity contribution in [2.75, 3.05) is 5.32 Å². The van der Waals surface area contributed by atoms with Crippen LogP contribution in [-0.4, -0.2) is 32.2 Å². The first kappa shape index (κ1) is 15.5. The minimum atomic E-state index is -0.170. The first-order valence-electron chi connectivity index (χ1n) is 8.25. The maximum absolute atomic E-state index is 9.71. The zero-order chi connectivity index (χ0) is 16.5. The van der Waals surface area contributed by atoms with Crippen LogP contribution in [0.3, 0.4) is 0 Å². The molecule has 4 rings (SSSR count). The van der Waals surface area contributed by atoms with E-state index in [1.807, 2.05) is 30.6 Å². The summed E-state index contributed by atoms with van der Waals surface area (Å²) in [6.45, 7) is 1.92. The van der Waals surface area contributed by atoms with Crippen molar-refractivity contribution >= 4 is 27.4 Å². The maximum Gasteiger partial charge on any atom is 0.138 e. The summed E-state index contributed by atoms with van der Waals surface area (Å²) in [5, 5.41) is 16.5. The Morgan fingerprint density at radius 3 is 2.92 bits per heavy atom. The fourth-order valence-corrected chi connectivity index (χ4v) is 4.10. The highest BCUT2D eigenvalue weighted by molar-refractivity contribution is 7.16. The molecule has 6 heteroatoms. The molecule has 1 fully saturated rings. The van der Waals surface area contributed by atoms with Crippen LogP contribution in [0.2, 0.25) is 0 Å². The number of rotatable bonds is 5. The second-order valence-corrected chi connectivity index (χ2v) is 7.31. The van der Waals surface area contributed by atoms with Crippen molar-refractivity contribution in [1.29, 1.82) is 0 Å². The first-order chi connectivity index (χ1) is 11.7. The summed E-state index contributed by atoms with van der Waals surface area (Å²) in [6, 6.07) is 8.27. The van der Waals surface area contributed by atoms with Crippen LogP contribution in [0.25, 0.3) is 10.2 Å². The number of hydrogen-bond acceptors (Lipinski definition) is 6. The maximum atomic E-state index is 9.71. The Morgan fingerprint density at radius 2 is 2.17 bits per heavy atom. The van der Waals surface area contributed by atoms with Crippen LogP contribution >= 0.6 is 11.3 Å². The number of nitrogens with one attached hydrogen (secondary N) is 1. The van der Waals surface area contributed by atoms with Crippen molar-refractivity contribution in [2.45, 2.75) is 38.3 Å². The number of aliphatic hydroxyl groups is 1. The molecule has 3 aromatic heterocycles. The lowest BCUT2D eigenvalue weighted by Crippen LogP contribution is -2.42. The third kappa shape index (κ3) is 3.12. The molecule has 0 amide bonds. The van der Waals surface area contributed by atoms with E-state index in [1.54, 1.807) is 11.3 Å². The molecule has 0 aromatic carbocycles. The lowest BCUT2D eigenvalue weighted by molar-refractivity contribution is 0.0340. The van der Waals surface area contributed by atoms with Crippen molar-refractivity contribution < 1.29 is 5.11 Å². The summed E-state index contributed by atoms with van der Waals surface area (Å²) in [6.07, 6.45) is 4.15. The first-order valence-corrected chi connectivity index (χ1v) is 9.13. The molecule has 5 nitrogen and oxygen atoms in total. The molecule has 24 heavy (non-hydrogen) atoms. The molecule has 1 atom stereocenters. The van der Waals surface area contributed by atoms with Crippen molar-refractivity contribution in [3.8, 4) is 0 Å². The van der Waals surface area contributed by atoms with E-state index in [0.29, 0.717) is 5.92 Å². The molecule has 0 saturated heterocycles. The molecule has 3 heterocycles. The van der Waals surface area contributed by atoms with E-state index < -0.39 is 0 Å². The van der Waals surface area contributed by atoms with Gasteiger partial charge in [0.1, 0.15) is 16.5 Å². The van der Waals surface area contributed by atoms with Crippen molar-refractivity contribution in [3.63, 3.8) is 0 Å². The van der Waals surface area contributed by atoms with Crippen molar-refractivity contribution in [2.24, 2.45) is 5.92 Å². The van der Waals surface area contributed by atoms with E-state index in [2.05, 4.69) is 32.4 Å². The van der Waals surface area contributed by atoms with Gasteiger partial charge >= 0.3 is 0 Å². The van der Waals surface area contributed by atoms with E-state index in [9.17, 15) is 5.11 Å². The minimum absolute atomic E-state index is 0.170. The van der Waals surface area contributed by atoms with Gasteiger partial charge in [-0.1, -0.05) is 6.07 Å². The van der Waals surface area contributed by atoms with Crippen LogP contribution in [0.15, 0.2) is 35.8 Å². The topological polar surface area (TPSA) is 70.9 Å². The highest BCUT2D eigenvalue weighted by Crippen LogP contribution is 2.34. The molecular formula is C18H20N4OS. The summed E-state index contributed by atoms with van der Waals surface area (Å²) in [4.78, 5) is 14.6. The van der Waals surface area contributed by atoms with E-state index in [-0.39, 0.29) is 12.1 Å². The predicted molar refractivity (Wildman–Crippen MR) is 96.2 cm³/mol. The van der Waals surface area contributed by atoms with Gasteiger partial charge in [0.25, 0.3) is 0 Å². The van der Waals surface area contributed by atoms with Gasteiger partial charge in [0.2, 0.25) is 0 Å². The van der Waals surface area contributed by atoms with Gasteiger partial charge in [-0.25, -0.2) is 9.97 Å². The van der Waals surface area contributed by atoms with Crippen LogP contribution in [0.1, 0.15) is 24.4 Å². The van der Waals surface area contributed by atoms with Gasteiger partial charge in [-0.3, -0.25) is 4.98 Å². The van der Waals surface area contributed by atoms with Gasteiger partial charge < -0.3 is 10.4 Å². The molecule has 0 aliphatic heterocycles. The largest absolute Gasteiger partial charge is 0.393 e. The summed E-state index contributed by atoms with van der Waals surface area (Å²) in [5.74, 6) is 2.10. The number of anilines is 1. The standard InChI is InChI=1S/C18H20N4OS/c1-11-20-17(15-5-7-24-18(15)21-11)22-16(12-8-14(23)9-12)10-13-4-2-3-6-19-13/h2-7,12,14,16,23H,8-10H2,1H3,(H,20,21,22)/t12?,14?,16-/m0/s1. The van der Waals surface area contributed by atoms with Gasteiger partial charge in [0.05, 0.1) is 11.5 Å². The number of aliphatic hydroxyl groups excluding tert-OH is 1. The number of hydrogen-bond donors (Lipinski definition) is 2. The highest BCUT2D eigenvalue weighted by atomic mass is 32.1. The molecule has 3 aromatic rings. The average Bonchev–Trinajstić information content (AvgIpc) is 3.00. The Balaban J connectivity index is 1.62. The Morgan fingerprint density at radius 1 is 1.29 bits per heavy atom. The fraction of sp³-hybridized carbons (Fsp3) is 0.389. The Hall–Kier alpha value is -2.05. The number of nitrogens with zero attached hydrogens (tertiary/aromatic N) is 3. The summed E-state index contributed by atoms with van der Waals surface area (Å²) >= 11 is 1.63. The molecule has 124 valence electrons. The van der Waals surface area contributed by atoms with Gasteiger partial charge in [-0.2, -0.15) is 0 Å². The van der Waals surface area contributed by atoms with E-state index >= 15 is 0 Å². The smallest absolute Gasteiger partial charge is 0.138 e. The van der Waals surface area contributed by atoms with Gasteiger partial charge in [-0.05, 0) is 49.3 Å². The zero-order valence-corrected chi connectivity index (χ0v) is 14.3. The zero-order valence-electron chi connectivity index (χ0n) is 13.5. The molecule has 0 unspecified atom stereocenters. The molecule has 0 bridgehead atoms. The Bertz CT molecular complexity index is 829. The van der Waals surface area contributed by atoms with E-state index in [0.717, 1.165) is 46.8 Å². The van der Waals surface area contributed by atoms with Crippen LogP contribution < -0.4 is 5.32 Å². The third-order valence-electron chi connectivity index (χ3n) is 4.63. The van der Waals surface area contributed by atoms with Gasteiger partial charge in [0.15, 0.2) is 0 Å². The monoisotopic (exact) mass is 340 g/mol. The van der Waals surface area contributed by atoms with Crippen molar-refractivity contribution in [3.05, 3.63) is 47.4 Å². The second kappa shape index (κ2) is 6.45. The molecule has 1 saturated carbocycles. The normalized spacial score (nSPS) is 21.4. The van der Waals surface area contributed by atoms with Crippen molar-refractivity contribution in [1.82, 2.24) is 15.0 Å². The quantitative estimate of drug-likeness (QED) is 0.746. The number of aryl methyl sites for hydroxylation is 1. The minimum Gasteiger partial charge on any atom is -0.393 e. The van der Waals surface area contributed by atoms with E-state index in [1.165, 1.54) is 0 Å². The van der Waals surface area contributed by atoms with Gasteiger partial charge in [-0.15, -0.1) is 11.3 Å². The lowest BCUT2D eigenvalue weighted by atomic mass is 9.76. The molecule has 0 radical (unpaired) electrons. The predicted octanol–water partition coefficient (Wildman–Crippen LogP) is 3.19. The highest BCUT2D eigenvalue weighted by Gasteiger charge is 2.34. The number of aromatic nitrogens is 3. The summed E-state index contributed by atoms with van der Waals surface area (Å²) < 4.78 is 0. The number of thiophene rings is 1. The molecular weight excluding hydrogens is 320 g/mol. The van der Waals surface area contributed by atoms with Crippen LogP contribution in [0.4, 0.5) is 5.82 Å². The number of pyridine rings is 1. The second-order valence-electron chi connectivity index (χ2n) is 6.42. The summed E-state index contributed by atoms with van der Waals surface area (Å²) in [5.41, 5.74) is 1.06. The molecule has 1 aliphatic rings. The molecule has 0 spiro atoms. The Kier molecular flexibility index (Phi) is 4.16. The third-order valence-corrected chi connectivity index (χ3v) is 5.44. The van der Waals surface area contributed by atoms with Crippen LogP contribution in [0, 0.1) is 12.8 Å². The van der Waals surface area contributed by atoms with E-state index in [4.69, 9.17) is 0 Å². The molecule has 1 aliphatic carbocycles. The van der Waals surface area contributed by atoms with Crippen LogP contribution in [0.5, 0.6) is 0 Å². The average molecular weight is 340 g/mol. The van der Waals surface area contributed by atoms with Gasteiger partial charge in [0, 0.05) is 24.4 Å². The summed E-state index contributed by atoms with van der Waals surface area (Å²) in [7, 11) is 0. The Labute approximate surface area is 144 Å². The number of fused-ring (bicyclic) bond motifs is 1. The lowest BCUT2D eigenvalue weighted by Gasteiger charge is -2.38. The van der Waals surface area contributed by atoms with Crippen LogP contribution in [-0.2, 0) is 6.42 Å².